The Hall–Kier alpha value is -7.34. The summed E-state index contributed by atoms with van der Waals surface area (Å²) in [5, 5.41) is 10.8. The fraction of sp³-hybridized carbons (Fsp3) is 0.321. The summed E-state index contributed by atoms with van der Waals surface area (Å²) >= 11 is 0. The van der Waals surface area contributed by atoms with Gasteiger partial charge in [-0.3, -0.25) is 19.3 Å². The molecule has 5 heterocycles. The Morgan fingerprint density at radius 1 is 0.806 bits per heavy atom. The first kappa shape index (κ1) is 43.5. The van der Waals surface area contributed by atoms with Gasteiger partial charge in [-0.1, -0.05) is 90.7 Å². The Balaban J connectivity index is 1.23. The van der Waals surface area contributed by atoms with Crippen molar-refractivity contribution in [2.45, 2.75) is 55.3 Å². The lowest BCUT2D eigenvalue weighted by molar-refractivity contribution is -0.179. The first-order chi connectivity index (χ1) is 32.8. The van der Waals surface area contributed by atoms with Crippen LogP contribution in [0.2, 0.25) is 0 Å². The van der Waals surface area contributed by atoms with E-state index in [-0.39, 0.29) is 37.7 Å². The summed E-state index contributed by atoms with van der Waals surface area (Å²) in [4.78, 5) is 78.1. The summed E-state index contributed by atoms with van der Waals surface area (Å²) in [5.74, 6) is 3.88. The van der Waals surface area contributed by atoms with E-state index in [9.17, 15) is 9.90 Å². The molecule has 0 saturated carbocycles. The van der Waals surface area contributed by atoms with Gasteiger partial charge in [0.05, 0.1) is 30.3 Å². The van der Waals surface area contributed by atoms with E-state index in [1.165, 1.54) is 19.2 Å². The fourth-order valence-corrected chi connectivity index (χ4v) is 10.8. The summed E-state index contributed by atoms with van der Waals surface area (Å²) in [7, 11) is 1.48. The van der Waals surface area contributed by atoms with Gasteiger partial charge in [-0.25, -0.2) is 19.7 Å². The molecule has 1 aromatic heterocycles. The van der Waals surface area contributed by atoms with Gasteiger partial charge in [0, 0.05) is 51.2 Å². The van der Waals surface area contributed by atoms with Crippen LogP contribution in [0.5, 0.6) is 5.75 Å². The summed E-state index contributed by atoms with van der Waals surface area (Å²) < 4.78 is 17.6. The normalized spacial score (nSPS) is 24.6. The minimum absolute atomic E-state index is 0.0175. The van der Waals surface area contributed by atoms with Crippen molar-refractivity contribution in [3.05, 3.63) is 161 Å². The van der Waals surface area contributed by atoms with Crippen molar-refractivity contribution in [1.29, 1.82) is 0 Å². The van der Waals surface area contributed by atoms with Gasteiger partial charge in [-0.2, -0.15) is 0 Å². The predicted octanol–water partition coefficient (Wildman–Crippen LogP) is 6.83. The van der Waals surface area contributed by atoms with E-state index in [2.05, 4.69) is 27.9 Å². The van der Waals surface area contributed by atoms with Crippen LogP contribution in [0.25, 0.3) is 0 Å². The summed E-state index contributed by atoms with van der Waals surface area (Å²) in [6.45, 7) is 1.17. The lowest BCUT2D eigenvalue weighted by Gasteiger charge is -2.46. The Morgan fingerprint density at radius 2 is 1.52 bits per heavy atom. The van der Waals surface area contributed by atoms with Crippen LogP contribution >= 0.6 is 0 Å². The molecule has 14 nitrogen and oxygen atoms in total. The molecule has 4 aliphatic heterocycles. The van der Waals surface area contributed by atoms with Crippen molar-refractivity contribution in [3.63, 3.8) is 0 Å². The number of amides is 3. The molecular weight excluding hydrogens is 849 g/mol. The topological polar surface area (TPSA) is 155 Å². The standard InChI is InChI=1S/C53H50N6O8/c1-65-32-33-66-52(64)58-42-25-20-36(19-18-35-12-5-2-6-13-35)34-41(42)53(50(58)63)43(48(61)56-28-30-57(31-29-56)51-54-26-11-27-55-51)45-49(62)67-46(38-16-9-4-10-17-38)44(37-14-7-3-8-15-37)59(45)47(53)39-21-23-40(60)24-22-39/h3-4,7-12,14-17,20-27,34,43-47,60H,2,5-6,13,28-33H2,1H3. The number of aromatic nitrogens is 2. The lowest BCUT2D eigenvalue weighted by atomic mass is 9.65. The van der Waals surface area contributed by atoms with E-state index in [0.717, 1.165) is 41.7 Å². The number of imide groups is 1. The number of phenolic OH excluding ortho intramolecular Hbond substituents is 1. The number of esters is 1. The molecule has 3 amide bonds. The van der Waals surface area contributed by atoms with E-state index >= 15 is 14.4 Å². The van der Waals surface area contributed by atoms with Gasteiger partial charge in [0.2, 0.25) is 17.8 Å². The summed E-state index contributed by atoms with van der Waals surface area (Å²) in [5.41, 5.74) is 2.20. The zero-order valence-corrected chi connectivity index (χ0v) is 37.1. The molecule has 67 heavy (non-hydrogen) atoms. The maximum absolute atomic E-state index is 16.4. The van der Waals surface area contributed by atoms with Crippen LogP contribution < -0.4 is 9.80 Å². The number of carbonyl (C=O) groups excluding carboxylic acids is 4. The van der Waals surface area contributed by atoms with Gasteiger partial charge < -0.3 is 29.1 Å². The number of piperazine rings is 1. The van der Waals surface area contributed by atoms with Crippen molar-refractivity contribution in [2.24, 2.45) is 5.92 Å². The van der Waals surface area contributed by atoms with Crippen LogP contribution in [0.4, 0.5) is 16.4 Å². The number of benzene rings is 4. The lowest BCUT2D eigenvalue weighted by Crippen LogP contribution is -2.59. The van der Waals surface area contributed by atoms with Crippen molar-refractivity contribution < 1.29 is 38.5 Å². The number of cyclic esters (lactones) is 1. The SMILES string of the molecule is COCCOC(=O)N1C(=O)C2(c3cc(C#CC4=CCCCC4)ccc31)C(C(=O)N1CCN(c3ncccn3)CC1)C1C(=O)OC(c3ccccc3)C(c3ccccc3)N1C2c1ccc(O)cc1. The van der Waals surface area contributed by atoms with Crippen LogP contribution in [0.1, 0.15) is 71.7 Å². The monoisotopic (exact) mass is 898 g/mol. The van der Waals surface area contributed by atoms with Gasteiger partial charge in [0.25, 0.3) is 0 Å². The highest BCUT2D eigenvalue weighted by Crippen LogP contribution is 2.66. The number of hydrogen-bond donors (Lipinski definition) is 1. The number of methoxy groups -OCH3 is 1. The number of anilines is 2. The second-order valence-corrected chi connectivity index (χ2v) is 17.4. The molecule has 340 valence electrons. The molecule has 14 heteroatoms. The van der Waals surface area contributed by atoms with Gasteiger partial charge in [0.1, 0.15) is 29.9 Å². The van der Waals surface area contributed by atoms with E-state index in [4.69, 9.17) is 14.2 Å². The molecule has 5 aromatic rings. The van der Waals surface area contributed by atoms with Gasteiger partial charge in [-0.15, -0.1) is 0 Å². The van der Waals surface area contributed by atoms with Crippen LogP contribution in [-0.4, -0.2) is 101 Å². The molecule has 0 bridgehead atoms. The molecule has 1 spiro atoms. The van der Waals surface area contributed by atoms with E-state index < -0.39 is 59.4 Å². The van der Waals surface area contributed by atoms with Gasteiger partial charge >= 0.3 is 12.1 Å². The fourth-order valence-electron chi connectivity index (χ4n) is 10.8. The number of morpholine rings is 1. The number of carbonyl (C=O) groups is 4. The van der Waals surface area contributed by atoms with Gasteiger partial charge in [0.15, 0.2) is 0 Å². The molecule has 3 saturated heterocycles. The quantitative estimate of drug-likeness (QED) is 0.0987. The maximum atomic E-state index is 16.4. The highest BCUT2D eigenvalue weighted by molar-refractivity contribution is 6.23. The molecule has 5 aliphatic rings. The van der Waals surface area contributed by atoms with Crippen LogP contribution in [-0.2, 0) is 34.0 Å². The van der Waals surface area contributed by atoms with Crippen molar-refractivity contribution in [2.75, 3.05) is 56.3 Å². The minimum atomic E-state index is -1.98. The van der Waals surface area contributed by atoms with Crippen LogP contribution in [0, 0.1) is 17.8 Å². The smallest absolute Gasteiger partial charge is 0.421 e. The highest BCUT2D eigenvalue weighted by atomic mass is 16.6. The second-order valence-electron chi connectivity index (χ2n) is 17.4. The molecule has 1 N–H and O–H groups in total. The number of hydrogen-bond acceptors (Lipinski definition) is 12. The Kier molecular flexibility index (Phi) is 12.0. The first-order valence-corrected chi connectivity index (χ1v) is 22.8. The highest BCUT2D eigenvalue weighted by Gasteiger charge is 2.76. The Morgan fingerprint density at radius 3 is 2.21 bits per heavy atom. The van der Waals surface area contributed by atoms with Crippen LogP contribution in [0.15, 0.2) is 133 Å². The zero-order valence-electron chi connectivity index (χ0n) is 37.1. The molecular formula is C53H50N6O8. The number of fused-ring (bicyclic) bond motifs is 3. The number of rotatable bonds is 8. The summed E-state index contributed by atoms with van der Waals surface area (Å²) in [6.07, 6.45) is 7.58. The van der Waals surface area contributed by atoms with E-state index in [1.807, 2.05) is 70.5 Å². The molecule has 4 aromatic carbocycles. The molecule has 0 radical (unpaired) electrons. The van der Waals surface area contributed by atoms with Crippen molar-refractivity contribution in [3.8, 4) is 17.6 Å². The third-order valence-electron chi connectivity index (χ3n) is 13.7. The largest absolute Gasteiger partial charge is 0.508 e. The third kappa shape index (κ3) is 7.77. The number of phenols is 1. The number of ether oxygens (including phenoxy) is 3. The Bertz CT molecular complexity index is 2750. The van der Waals surface area contributed by atoms with Gasteiger partial charge in [-0.05, 0) is 89.9 Å². The van der Waals surface area contributed by atoms with Crippen LogP contribution in [0.3, 0.4) is 0 Å². The molecule has 3 fully saturated rings. The molecule has 6 unspecified atom stereocenters. The average Bonchev–Trinajstić information content (AvgIpc) is 3.83. The molecule has 6 atom stereocenters. The first-order valence-electron chi connectivity index (χ1n) is 22.8. The number of allylic oxidation sites excluding steroid dienone is 2. The minimum Gasteiger partial charge on any atom is -0.508 e. The average molecular weight is 899 g/mol. The number of aromatic hydroxyl groups is 1. The Labute approximate surface area is 388 Å². The zero-order chi connectivity index (χ0) is 46.1. The van der Waals surface area contributed by atoms with Crippen molar-refractivity contribution in [1.82, 2.24) is 19.8 Å². The summed E-state index contributed by atoms with van der Waals surface area (Å²) in [6, 6.07) is 29.3. The molecule has 1 aliphatic carbocycles. The van der Waals surface area contributed by atoms with E-state index in [1.54, 1.807) is 53.7 Å². The number of nitrogens with zero attached hydrogens (tertiary/aromatic N) is 6. The second kappa shape index (κ2) is 18.5. The van der Waals surface area contributed by atoms with E-state index in [0.29, 0.717) is 41.3 Å². The third-order valence-corrected chi connectivity index (χ3v) is 13.7. The molecule has 10 rings (SSSR count). The van der Waals surface area contributed by atoms with Crippen molar-refractivity contribution >= 4 is 35.5 Å². The maximum Gasteiger partial charge on any atom is 0.421 e. The predicted molar refractivity (Wildman–Crippen MR) is 248 cm³/mol.